The maximum Gasteiger partial charge on any atom is 0.257 e. The van der Waals surface area contributed by atoms with Gasteiger partial charge in [0.15, 0.2) is 0 Å². The summed E-state index contributed by atoms with van der Waals surface area (Å²) in [7, 11) is 0. The maximum absolute atomic E-state index is 13.3. The van der Waals surface area contributed by atoms with Crippen molar-refractivity contribution in [3.8, 4) is 0 Å². The molecule has 1 N–H and O–H groups in total. The van der Waals surface area contributed by atoms with Gasteiger partial charge in [-0.05, 0) is 42.9 Å². The van der Waals surface area contributed by atoms with E-state index in [9.17, 15) is 9.18 Å². The summed E-state index contributed by atoms with van der Waals surface area (Å²) in [5.74, 6) is -0.267. The number of carbonyl (C=O) groups excluding carboxylic acids is 1. The van der Waals surface area contributed by atoms with Gasteiger partial charge in [0.2, 0.25) is 0 Å². The summed E-state index contributed by atoms with van der Waals surface area (Å²) in [6, 6.07) is 13.9. The van der Waals surface area contributed by atoms with Gasteiger partial charge < -0.3 is 15.1 Å². The molecule has 0 bridgehead atoms. The molecular formula is C20H24FN3O. The van der Waals surface area contributed by atoms with Crippen LogP contribution in [0, 0.1) is 5.82 Å². The first kappa shape index (κ1) is 17.4. The summed E-state index contributed by atoms with van der Waals surface area (Å²) in [5.41, 5.74) is 2.38. The first-order valence-electron chi connectivity index (χ1n) is 8.78. The van der Waals surface area contributed by atoms with E-state index in [4.69, 9.17) is 0 Å². The number of rotatable bonds is 6. The molecule has 5 heteroatoms. The molecule has 1 amide bonds. The summed E-state index contributed by atoms with van der Waals surface area (Å²) >= 11 is 0. The number of nitrogens with one attached hydrogen (secondary N) is 1. The van der Waals surface area contributed by atoms with Crippen molar-refractivity contribution in [2.75, 3.05) is 31.5 Å². The second-order valence-electron chi connectivity index (χ2n) is 6.17. The average Bonchev–Trinajstić information content (AvgIpc) is 2.64. The van der Waals surface area contributed by atoms with Crippen molar-refractivity contribution in [1.29, 1.82) is 0 Å². The number of carbonyl (C=O) groups is 1. The molecule has 0 saturated heterocycles. The fraction of sp³-hybridized carbons (Fsp3) is 0.350. The van der Waals surface area contributed by atoms with Crippen molar-refractivity contribution in [2.45, 2.75) is 20.0 Å². The lowest BCUT2D eigenvalue weighted by Crippen LogP contribution is -2.46. The molecule has 0 aromatic heterocycles. The predicted molar refractivity (Wildman–Crippen MR) is 98.0 cm³/mol. The fourth-order valence-corrected chi connectivity index (χ4v) is 3.22. The minimum atomic E-state index is -0.293. The van der Waals surface area contributed by atoms with Gasteiger partial charge in [0.25, 0.3) is 5.91 Å². The smallest absolute Gasteiger partial charge is 0.257 e. The highest BCUT2D eigenvalue weighted by Crippen LogP contribution is 2.32. The minimum Gasteiger partial charge on any atom is -0.361 e. The van der Waals surface area contributed by atoms with Crippen LogP contribution < -0.4 is 5.32 Å². The molecule has 2 aromatic carbocycles. The minimum absolute atomic E-state index is 0.0100. The molecule has 1 aliphatic heterocycles. The highest BCUT2D eigenvalue weighted by Gasteiger charge is 2.32. The first-order chi connectivity index (χ1) is 12.1. The molecule has 25 heavy (non-hydrogen) atoms. The molecule has 0 fully saturated rings. The highest BCUT2D eigenvalue weighted by molar-refractivity contribution is 6.01. The van der Waals surface area contributed by atoms with E-state index >= 15 is 0 Å². The number of para-hydroxylation sites is 1. The van der Waals surface area contributed by atoms with Crippen LogP contribution in [0.4, 0.5) is 10.1 Å². The van der Waals surface area contributed by atoms with Gasteiger partial charge in [-0.2, -0.15) is 0 Å². The van der Waals surface area contributed by atoms with Crippen LogP contribution >= 0.6 is 0 Å². The van der Waals surface area contributed by atoms with Crippen molar-refractivity contribution in [3.63, 3.8) is 0 Å². The van der Waals surface area contributed by atoms with Crippen LogP contribution in [-0.4, -0.2) is 41.9 Å². The Kier molecular flexibility index (Phi) is 5.34. The van der Waals surface area contributed by atoms with Crippen molar-refractivity contribution in [3.05, 3.63) is 65.5 Å². The Bertz CT molecular complexity index is 728. The Morgan fingerprint density at radius 1 is 1.08 bits per heavy atom. The Morgan fingerprint density at radius 2 is 1.76 bits per heavy atom. The first-order valence-corrected chi connectivity index (χ1v) is 8.78. The van der Waals surface area contributed by atoms with E-state index in [2.05, 4.69) is 24.1 Å². The van der Waals surface area contributed by atoms with E-state index < -0.39 is 0 Å². The summed E-state index contributed by atoms with van der Waals surface area (Å²) < 4.78 is 13.3. The molecule has 2 aromatic rings. The largest absolute Gasteiger partial charge is 0.361 e. The monoisotopic (exact) mass is 341 g/mol. The summed E-state index contributed by atoms with van der Waals surface area (Å²) in [5, 5.41) is 3.44. The van der Waals surface area contributed by atoms with Crippen molar-refractivity contribution < 1.29 is 9.18 Å². The molecule has 0 aliphatic carbocycles. The average molecular weight is 341 g/mol. The molecule has 1 heterocycles. The number of hydrogen-bond acceptors (Lipinski definition) is 3. The SMILES string of the molecule is CCN(CC)CCN1C(=O)c2ccccc2N[C@H]1c1ccc(F)cc1. The van der Waals surface area contributed by atoms with E-state index in [0.29, 0.717) is 12.1 Å². The van der Waals surface area contributed by atoms with Gasteiger partial charge in [-0.15, -0.1) is 0 Å². The van der Waals surface area contributed by atoms with Crippen molar-refractivity contribution in [1.82, 2.24) is 9.80 Å². The molecule has 3 rings (SSSR count). The van der Waals surface area contributed by atoms with Crippen LogP contribution in [0.5, 0.6) is 0 Å². The molecule has 4 nitrogen and oxygen atoms in total. The van der Waals surface area contributed by atoms with E-state index in [1.54, 1.807) is 12.1 Å². The summed E-state index contributed by atoms with van der Waals surface area (Å²) in [6.45, 7) is 7.55. The quantitative estimate of drug-likeness (QED) is 0.869. The predicted octanol–water partition coefficient (Wildman–Crippen LogP) is 3.73. The molecule has 1 aliphatic rings. The number of benzene rings is 2. The van der Waals surface area contributed by atoms with Crippen molar-refractivity contribution >= 4 is 11.6 Å². The van der Waals surface area contributed by atoms with Gasteiger partial charge >= 0.3 is 0 Å². The number of nitrogens with zero attached hydrogens (tertiary/aromatic N) is 2. The lowest BCUT2D eigenvalue weighted by atomic mass is 10.0. The third-order valence-corrected chi connectivity index (χ3v) is 4.76. The second-order valence-corrected chi connectivity index (χ2v) is 6.17. The number of fused-ring (bicyclic) bond motifs is 1. The standard InChI is InChI=1S/C20H24FN3O/c1-3-23(4-2)13-14-24-19(15-9-11-16(21)12-10-15)22-18-8-6-5-7-17(18)20(24)25/h5-12,19,22H,3-4,13-14H2,1-2H3/t19-/m1/s1. The highest BCUT2D eigenvalue weighted by atomic mass is 19.1. The molecule has 0 saturated carbocycles. The zero-order chi connectivity index (χ0) is 17.8. The van der Waals surface area contributed by atoms with E-state index in [-0.39, 0.29) is 17.9 Å². The Hall–Kier alpha value is -2.40. The van der Waals surface area contributed by atoms with E-state index in [1.165, 1.54) is 12.1 Å². The lowest BCUT2D eigenvalue weighted by molar-refractivity contribution is 0.0660. The normalized spacial score (nSPS) is 16.7. The molecule has 0 spiro atoms. The summed E-state index contributed by atoms with van der Waals surface area (Å²) in [4.78, 5) is 17.2. The topological polar surface area (TPSA) is 35.6 Å². The van der Waals surface area contributed by atoms with Crippen molar-refractivity contribution in [2.24, 2.45) is 0 Å². The Labute approximate surface area is 148 Å². The molecule has 132 valence electrons. The number of halogens is 1. The summed E-state index contributed by atoms with van der Waals surface area (Å²) in [6.07, 6.45) is -0.293. The number of anilines is 1. The molecular weight excluding hydrogens is 317 g/mol. The van der Waals surface area contributed by atoms with Crippen LogP contribution in [0.15, 0.2) is 48.5 Å². The van der Waals surface area contributed by atoms with Crippen LogP contribution in [-0.2, 0) is 0 Å². The fourth-order valence-electron chi connectivity index (χ4n) is 3.22. The Morgan fingerprint density at radius 3 is 2.44 bits per heavy atom. The van der Waals surface area contributed by atoms with Gasteiger partial charge in [0.05, 0.1) is 5.56 Å². The van der Waals surface area contributed by atoms with Gasteiger partial charge in [-0.1, -0.05) is 38.1 Å². The Balaban J connectivity index is 1.91. The third-order valence-electron chi connectivity index (χ3n) is 4.76. The zero-order valence-electron chi connectivity index (χ0n) is 14.7. The second kappa shape index (κ2) is 7.66. The van der Waals surface area contributed by atoms with Crippen LogP contribution in [0.2, 0.25) is 0 Å². The number of likely N-dealkylation sites (N-methyl/N-ethyl adjacent to an activating group) is 1. The van der Waals surface area contributed by atoms with Gasteiger partial charge in [-0.25, -0.2) is 4.39 Å². The number of amides is 1. The van der Waals surface area contributed by atoms with Crippen LogP contribution in [0.1, 0.15) is 35.9 Å². The van der Waals surface area contributed by atoms with E-state index in [1.807, 2.05) is 29.2 Å². The van der Waals surface area contributed by atoms with Gasteiger partial charge in [0, 0.05) is 18.8 Å². The lowest BCUT2D eigenvalue weighted by Gasteiger charge is -2.39. The molecule has 0 unspecified atom stereocenters. The van der Waals surface area contributed by atoms with Crippen LogP contribution in [0.25, 0.3) is 0 Å². The number of hydrogen-bond donors (Lipinski definition) is 1. The molecule has 0 radical (unpaired) electrons. The van der Waals surface area contributed by atoms with Gasteiger partial charge in [0.1, 0.15) is 12.0 Å². The van der Waals surface area contributed by atoms with E-state index in [0.717, 1.165) is 30.9 Å². The van der Waals surface area contributed by atoms with Crippen LogP contribution in [0.3, 0.4) is 0 Å². The maximum atomic E-state index is 13.3. The van der Waals surface area contributed by atoms with Gasteiger partial charge in [-0.3, -0.25) is 4.79 Å². The molecule has 1 atom stereocenters. The third kappa shape index (κ3) is 3.66. The zero-order valence-corrected chi connectivity index (χ0v) is 14.7.